The van der Waals surface area contributed by atoms with Crippen molar-refractivity contribution in [3.8, 4) is 0 Å². The minimum Gasteiger partial charge on any atom is -0.398 e. The Morgan fingerprint density at radius 1 is 1.31 bits per heavy atom. The van der Waals surface area contributed by atoms with E-state index < -0.39 is 0 Å². The highest BCUT2D eigenvalue weighted by atomic mass is 19.1. The highest BCUT2D eigenvalue weighted by molar-refractivity contribution is 5.51. The third kappa shape index (κ3) is 1.21. The van der Waals surface area contributed by atoms with E-state index in [2.05, 4.69) is 0 Å². The summed E-state index contributed by atoms with van der Waals surface area (Å²) in [5, 5.41) is 0. The summed E-state index contributed by atoms with van der Waals surface area (Å²) in [4.78, 5) is 0. The number of nitrogens with two attached hydrogens (primary N) is 1. The largest absolute Gasteiger partial charge is 0.398 e. The van der Waals surface area contributed by atoms with Crippen LogP contribution in [0.3, 0.4) is 0 Å². The highest BCUT2D eigenvalue weighted by Crippen LogP contribution is 2.45. The Morgan fingerprint density at radius 3 is 2.46 bits per heavy atom. The minimum atomic E-state index is -0.277. The molecule has 0 amide bonds. The molecule has 0 saturated heterocycles. The number of halogens is 1. The summed E-state index contributed by atoms with van der Waals surface area (Å²) in [6.45, 7) is -0.277. The average molecular weight is 179 g/mol. The fraction of sp³-hybridized carbons (Fsp3) is 0.455. The highest BCUT2D eigenvalue weighted by Gasteiger charge is 2.39. The zero-order valence-electron chi connectivity index (χ0n) is 7.59. The third-order valence-electron chi connectivity index (χ3n) is 3.10. The Balaban J connectivity index is 2.38. The van der Waals surface area contributed by atoms with E-state index >= 15 is 0 Å². The lowest BCUT2D eigenvalue weighted by Gasteiger charge is -2.40. The summed E-state index contributed by atoms with van der Waals surface area (Å²) < 4.78 is 12.9. The molecule has 0 bridgehead atoms. The van der Waals surface area contributed by atoms with Gasteiger partial charge in [-0.1, -0.05) is 24.6 Å². The first-order valence-electron chi connectivity index (χ1n) is 4.69. The summed E-state index contributed by atoms with van der Waals surface area (Å²) in [6.07, 6.45) is 3.01. The SMILES string of the molecule is Nc1ccccc1C1(CF)CCC1. The summed E-state index contributed by atoms with van der Waals surface area (Å²) in [6, 6.07) is 7.63. The molecule has 1 nitrogen and oxygen atoms in total. The number of anilines is 1. The predicted octanol–water partition coefficient (Wildman–Crippen LogP) is 2.66. The monoisotopic (exact) mass is 179 g/mol. The van der Waals surface area contributed by atoms with Crippen molar-refractivity contribution in [3.63, 3.8) is 0 Å². The van der Waals surface area contributed by atoms with Crippen molar-refractivity contribution >= 4 is 5.69 Å². The van der Waals surface area contributed by atoms with Crippen LogP contribution in [0.25, 0.3) is 0 Å². The Hall–Kier alpha value is -1.05. The first-order chi connectivity index (χ1) is 6.28. The molecule has 1 fully saturated rings. The van der Waals surface area contributed by atoms with E-state index in [4.69, 9.17) is 5.73 Å². The van der Waals surface area contributed by atoms with Gasteiger partial charge in [0, 0.05) is 11.1 Å². The van der Waals surface area contributed by atoms with Gasteiger partial charge in [0.05, 0.1) is 6.67 Å². The van der Waals surface area contributed by atoms with Crippen molar-refractivity contribution in [2.45, 2.75) is 24.7 Å². The average Bonchev–Trinajstić information content (AvgIpc) is 2.07. The molecule has 0 atom stereocenters. The van der Waals surface area contributed by atoms with Gasteiger partial charge in [-0.2, -0.15) is 0 Å². The van der Waals surface area contributed by atoms with Gasteiger partial charge in [-0.3, -0.25) is 4.39 Å². The Kier molecular flexibility index (Phi) is 1.98. The van der Waals surface area contributed by atoms with Gasteiger partial charge in [0.25, 0.3) is 0 Å². The fourth-order valence-electron chi connectivity index (χ4n) is 2.06. The maximum absolute atomic E-state index is 12.9. The van der Waals surface area contributed by atoms with Gasteiger partial charge in [0.1, 0.15) is 0 Å². The molecule has 0 aliphatic heterocycles. The summed E-state index contributed by atoms with van der Waals surface area (Å²) >= 11 is 0. The molecule has 1 saturated carbocycles. The quantitative estimate of drug-likeness (QED) is 0.694. The van der Waals surface area contributed by atoms with E-state index in [0.717, 1.165) is 30.5 Å². The second-order valence-corrected chi connectivity index (χ2v) is 3.85. The second-order valence-electron chi connectivity index (χ2n) is 3.85. The van der Waals surface area contributed by atoms with Gasteiger partial charge in [0.15, 0.2) is 0 Å². The van der Waals surface area contributed by atoms with Crippen molar-refractivity contribution in [3.05, 3.63) is 29.8 Å². The second kappa shape index (κ2) is 3.02. The Labute approximate surface area is 77.8 Å². The number of rotatable bonds is 2. The van der Waals surface area contributed by atoms with Crippen molar-refractivity contribution < 1.29 is 4.39 Å². The van der Waals surface area contributed by atoms with Crippen molar-refractivity contribution in [1.29, 1.82) is 0 Å². The molecule has 2 rings (SSSR count). The molecule has 0 radical (unpaired) electrons. The van der Waals surface area contributed by atoms with Crippen molar-refractivity contribution in [2.75, 3.05) is 12.4 Å². The van der Waals surface area contributed by atoms with Crippen LogP contribution in [0, 0.1) is 0 Å². The molecule has 0 aromatic heterocycles. The van der Waals surface area contributed by atoms with Crippen LogP contribution in [0.4, 0.5) is 10.1 Å². The van der Waals surface area contributed by atoms with Crippen LogP contribution in [0.5, 0.6) is 0 Å². The van der Waals surface area contributed by atoms with Gasteiger partial charge in [0.2, 0.25) is 0 Å². The van der Waals surface area contributed by atoms with Crippen LogP contribution < -0.4 is 5.73 Å². The molecule has 70 valence electrons. The van der Waals surface area contributed by atoms with E-state index in [1.54, 1.807) is 0 Å². The lowest BCUT2D eigenvalue weighted by Crippen LogP contribution is -2.37. The van der Waals surface area contributed by atoms with Gasteiger partial charge in [-0.05, 0) is 24.5 Å². The number of hydrogen-bond donors (Lipinski definition) is 1. The molecular weight excluding hydrogens is 165 g/mol. The molecule has 0 unspecified atom stereocenters. The molecule has 0 heterocycles. The maximum atomic E-state index is 12.9. The number of benzene rings is 1. The molecule has 13 heavy (non-hydrogen) atoms. The molecule has 1 aromatic carbocycles. The van der Waals surface area contributed by atoms with E-state index in [1.807, 2.05) is 24.3 Å². The Bertz CT molecular complexity index is 299. The topological polar surface area (TPSA) is 26.0 Å². The first-order valence-corrected chi connectivity index (χ1v) is 4.69. The van der Waals surface area contributed by atoms with Gasteiger partial charge in [-0.15, -0.1) is 0 Å². The minimum absolute atomic E-state index is 0.245. The standard InChI is InChI=1S/C11H14FN/c12-8-11(6-3-7-11)9-4-1-2-5-10(9)13/h1-2,4-5H,3,6-8,13H2. The van der Waals surface area contributed by atoms with Gasteiger partial charge in [-0.25, -0.2) is 0 Å². The molecule has 1 aliphatic rings. The van der Waals surface area contributed by atoms with E-state index in [1.165, 1.54) is 0 Å². The molecular formula is C11H14FN. The summed E-state index contributed by atoms with van der Waals surface area (Å²) in [7, 11) is 0. The molecule has 2 N–H and O–H groups in total. The predicted molar refractivity (Wildman–Crippen MR) is 52.4 cm³/mol. The lowest BCUT2D eigenvalue weighted by atomic mass is 9.65. The Morgan fingerprint density at radius 2 is 2.00 bits per heavy atom. The number of nitrogen functional groups attached to an aromatic ring is 1. The molecule has 2 heteroatoms. The molecule has 0 spiro atoms. The summed E-state index contributed by atoms with van der Waals surface area (Å²) in [5.74, 6) is 0. The van der Waals surface area contributed by atoms with Gasteiger partial charge >= 0.3 is 0 Å². The van der Waals surface area contributed by atoms with Crippen LogP contribution in [-0.2, 0) is 5.41 Å². The third-order valence-corrected chi connectivity index (χ3v) is 3.10. The zero-order chi connectivity index (χ0) is 9.31. The molecule has 1 aliphatic carbocycles. The number of para-hydroxylation sites is 1. The zero-order valence-corrected chi connectivity index (χ0v) is 7.59. The van der Waals surface area contributed by atoms with Crippen LogP contribution in [0.2, 0.25) is 0 Å². The van der Waals surface area contributed by atoms with Crippen LogP contribution in [-0.4, -0.2) is 6.67 Å². The van der Waals surface area contributed by atoms with Crippen molar-refractivity contribution in [1.82, 2.24) is 0 Å². The van der Waals surface area contributed by atoms with E-state index in [-0.39, 0.29) is 12.1 Å². The number of alkyl halides is 1. The fourth-order valence-corrected chi connectivity index (χ4v) is 2.06. The first kappa shape index (κ1) is 8.54. The maximum Gasteiger partial charge on any atom is 0.0991 e. The van der Waals surface area contributed by atoms with E-state index in [0.29, 0.717) is 0 Å². The van der Waals surface area contributed by atoms with Crippen molar-refractivity contribution in [2.24, 2.45) is 0 Å². The molecule has 1 aromatic rings. The lowest BCUT2D eigenvalue weighted by molar-refractivity contribution is 0.185. The van der Waals surface area contributed by atoms with Gasteiger partial charge < -0.3 is 5.73 Å². The van der Waals surface area contributed by atoms with Crippen LogP contribution in [0.1, 0.15) is 24.8 Å². The van der Waals surface area contributed by atoms with Crippen LogP contribution >= 0.6 is 0 Å². The van der Waals surface area contributed by atoms with Crippen LogP contribution in [0.15, 0.2) is 24.3 Å². The number of hydrogen-bond acceptors (Lipinski definition) is 1. The normalized spacial score (nSPS) is 19.5. The smallest absolute Gasteiger partial charge is 0.0991 e. The summed E-state index contributed by atoms with van der Waals surface area (Å²) in [5.41, 5.74) is 7.32. The van der Waals surface area contributed by atoms with E-state index in [9.17, 15) is 4.39 Å².